The average molecular weight is 406 g/mol. The SMILES string of the molecule is C[C@@H]1CN(c2cc(-n3ncc4ccc(C5(C)CCC5)cc43)ncn2)C[C@H](C)[C@]1(C)O. The molecule has 2 aliphatic rings. The summed E-state index contributed by atoms with van der Waals surface area (Å²) in [5.74, 6) is 2.00. The maximum Gasteiger partial charge on any atom is 0.159 e. The first kappa shape index (κ1) is 19.5. The molecule has 158 valence electrons. The third-order valence-electron chi connectivity index (χ3n) is 7.89. The van der Waals surface area contributed by atoms with Crippen LogP contribution < -0.4 is 4.90 Å². The highest BCUT2D eigenvalue weighted by atomic mass is 16.3. The number of benzene rings is 1. The molecule has 1 N–H and O–H groups in total. The fourth-order valence-corrected chi connectivity index (χ4v) is 4.98. The van der Waals surface area contributed by atoms with Crippen molar-refractivity contribution in [1.82, 2.24) is 19.7 Å². The highest BCUT2D eigenvalue weighted by Crippen LogP contribution is 2.44. The van der Waals surface area contributed by atoms with Crippen molar-refractivity contribution in [3.8, 4) is 5.82 Å². The number of nitrogens with zero attached hydrogens (tertiary/aromatic N) is 5. The van der Waals surface area contributed by atoms with Crippen molar-refractivity contribution in [2.45, 2.75) is 58.0 Å². The van der Waals surface area contributed by atoms with Gasteiger partial charge in [-0.1, -0.05) is 39.3 Å². The first-order valence-corrected chi connectivity index (χ1v) is 11.1. The van der Waals surface area contributed by atoms with Gasteiger partial charge >= 0.3 is 0 Å². The normalized spacial score (nSPS) is 28.5. The molecule has 3 heterocycles. The lowest BCUT2D eigenvalue weighted by atomic mass is 9.66. The predicted octanol–water partition coefficient (Wildman–Crippen LogP) is 4.10. The summed E-state index contributed by atoms with van der Waals surface area (Å²) in [6.07, 6.45) is 7.34. The van der Waals surface area contributed by atoms with Crippen LogP contribution in [0, 0.1) is 11.8 Å². The Morgan fingerprint density at radius 2 is 1.70 bits per heavy atom. The molecule has 3 atom stereocenters. The molecule has 0 unspecified atom stereocenters. The number of aliphatic hydroxyl groups is 1. The highest BCUT2D eigenvalue weighted by molar-refractivity contribution is 5.81. The molecule has 6 heteroatoms. The summed E-state index contributed by atoms with van der Waals surface area (Å²) < 4.78 is 1.93. The first-order chi connectivity index (χ1) is 14.3. The Labute approximate surface area is 178 Å². The lowest BCUT2D eigenvalue weighted by Crippen LogP contribution is -2.55. The minimum Gasteiger partial charge on any atom is -0.389 e. The third-order valence-corrected chi connectivity index (χ3v) is 7.89. The number of fused-ring (bicyclic) bond motifs is 1. The maximum absolute atomic E-state index is 10.7. The summed E-state index contributed by atoms with van der Waals surface area (Å²) in [5.41, 5.74) is 2.11. The zero-order valence-electron chi connectivity index (χ0n) is 18.3. The van der Waals surface area contributed by atoms with Crippen LogP contribution in [0.25, 0.3) is 16.7 Å². The van der Waals surface area contributed by atoms with Crippen LogP contribution in [0.1, 0.15) is 52.5 Å². The van der Waals surface area contributed by atoms with E-state index in [0.717, 1.165) is 35.6 Å². The summed E-state index contributed by atoms with van der Waals surface area (Å²) in [7, 11) is 0. The second-order valence-electron chi connectivity index (χ2n) is 9.91. The van der Waals surface area contributed by atoms with E-state index in [1.54, 1.807) is 6.33 Å². The van der Waals surface area contributed by atoms with Crippen LogP contribution in [0.15, 0.2) is 36.8 Å². The zero-order valence-corrected chi connectivity index (χ0v) is 18.3. The van der Waals surface area contributed by atoms with E-state index in [1.807, 2.05) is 23.9 Å². The maximum atomic E-state index is 10.7. The zero-order chi connectivity index (χ0) is 21.1. The van der Waals surface area contributed by atoms with Gasteiger partial charge in [-0.05, 0) is 36.8 Å². The van der Waals surface area contributed by atoms with Gasteiger partial charge in [0.05, 0.1) is 17.3 Å². The molecule has 2 aromatic heterocycles. The molecule has 1 saturated heterocycles. The summed E-state index contributed by atoms with van der Waals surface area (Å²) in [6, 6.07) is 8.73. The van der Waals surface area contributed by atoms with Gasteiger partial charge < -0.3 is 10.0 Å². The number of hydrogen-bond donors (Lipinski definition) is 1. The van der Waals surface area contributed by atoms with E-state index < -0.39 is 5.60 Å². The van der Waals surface area contributed by atoms with Gasteiger partial charge in [-0.15, -0.1) is 0 Å². The molecule has 0 amide bonds. The Kier molecular flexibility index (Phi) is 4.40. The first-order valence-electron chi connectivity index (χ1n) is 11.1. The number of aromatic nitrogens is 4. The lowest BCUT2D eigenvalue weighted by Gasteiger charge is -2.46. The van der Waals surface area contributed by atoms with Gasteiger partial charge in [-0.3, -0.25) is 0 Å². The van der Waals surface area contributed by atoms with Crippen molar-refractivity contribution in [3.63, 3.8) is 0 Å². The second-order valence-corrected chi connectivity index (χ2v) is 9.91. The molecule has 5 rings (SSSR count). The average Bonchev–Trinajstić information content (AvgIpc) is 3.13. The Morgan fingerprint density at radius 1 is 1.00 bits per heavy atom. The Hall–Kier alpha value is -2.47. The van der Waals surface area contributed by atoms with Crippen LogP contribution in [0.2, 0.25) is 0 Å². The standard InChI is InChI=1S/C24H31N5O/c1-16-13-28(14-17(2)24(16,4)30)21-11-22(26-15-25-21)29-20-10-19(23(3)8-5-9-23)7-6-18(20)12-27-29/h6-7,10-12,15-17,30H,5,8-9,13-14H2,1-4H3/t16-,17+,24-. The molecule has 2 fully saturated rings. The van der Waals surface area contributed by atoms with E-state index in [-0.39, 0.29) is 17.3 Å². The molecule has 6 nitrogen and oxygen atoms in total. The van der Waals surface area contributed by atoms with Gasteiger partial charge in [0.2, 0.25) is 0 Å². The van der Waals surface area contributed by atoms with Gasteiger partial charge in [0, 0.05) is 36.4 Å². The molecule has 0 spiro atoms. The Balaban J connectivity index is 1.50. The molecule has 30 heavy (non-hydrogen) atoms. The van der Waals surface area contributed by atoms with Crippen LogP contribution in [-0.4, -0.2) is 43.5 Å². The fraction of sp³-hybridized carbons (Fsp3) is 0.542. The number of anilines is 1. The summed E-state index contributed by atoms with van der Waals surface area (Å²) in [5, 5.41) is 16.5. The van der Waals surface area contributed by atoms with Crippen LogP contribution in [0.3, 0.4) is 0 Å². The molecule has 1 aromatic carbocycles. The van der Waals surface area contributed by atoms with Gasteiger partial charge in [-0.2, -0.15) is 5.10 Å². The van der Waals surface area contributed by atoms with Crippen LogP contribution in [-0.2, 0) is 5.41 Å². The smallest absolute Gasteiger partial charge is 0.159 e. The van der Waals surface area contributed by atoms with Crippen LogP contribution >= 0.6 is 0 Å². The Bertz CT molecular complexity index is 1070. The number of rotatable bonds is 3. The summed E-state index contributed by atoms with van der Waals surface area (Å²) in [6.45, 7) is 10.1. The van der Waals surface area contributed by atoms with Crippen molar-refractivity contribution >= 4 is 16.7 Å². The van der Waals surface area contributed by atoms with Gasteiger partial charge in [0.25, 0.3) is 0 Å². The van der Waals surface area contributed by atoms with E-state index in [4.69, 9.17) is 0 Å². The summed E-state index contributed by atoms with van der Waals surface area (Å²) >= 11 is 0. The van der Waals surface area contributed by atoms with Crippen molar-refractivity contribution in [1.29, 1.82) is 0 Å². The van der Waals surface area contributed by atoms with E-state index in [9.17, 15) is 5.11 Å². The largest absolute Gasteiger partial charge is 0.389 e. The Morgan fingerprint density at radius 3 is 2.37 bits per heavy atom. The van der Waals surface area contributed by atoms with E-state index in [1.165, 1.54) is 24.8 Å². The van der Waals surface area contributed by atoms with Gasteiger partial charge in [0.1, 0.15) is 12.1 Å². The van der Waals surface area contributed by atoms with Crippen molar-refractivity contribution in [3.05, 3.63) is 42.4 Å². The number of hydrogen-bond acceptors (Lipinski definition) is 5. The van der Waals surface area contributed by atoms with Gasteiger partial charge in [-0.25, -0.2) is 14.6 Å². The molecule has 1 aliphatic heterocycles. The minimum atomic E-state index is -0.654. The second kappa shape index (κ2) is 6.77. The van der Waals surface area contributed by atoms with E-state index in [2.05, 4.69) is 58.9 Å². The van der Waals surface area contributed by atoms with Crippen LogP contribution in [0.4, 0.5) is 5.82 Å². The monoisotopic (exact) mass is 405 g/mol. The molecular formula is C24H31N5O. The van der Waals surface area contributed by atoms with E-state index in [0.29, 0.717) is 0 Å². The molecule has 1 aliphatic carbocycles. The topological polar surface area (TPSA) is 67.1 Å². The molecular weight excluding hydrogens is 374 g/mol. The van der Waals surface area contributed by atoms with Crippen molar-refractivity contribution < 1.29 is 5.11 Å². The minimum absolute atomic E-state index is 0.163. The quantitative estimate of drug-likeness (QED) is 0.711. The third kappa shape index (κ3) is 3.00. The predicted molar refractivity (Wildman–Crippen MR) is 119 cm³/mol. The lowest BCUT2D eigenvalue weighted by molar-refractivity contribution is -0.0504. The van der Waals surface area contributed by atoms with E-state index >= 15 is 0 Å². The van der Waals surface area contributed by atoms with Gasteiger partial charge in [0.15, 0.2) is 5.82 Å². The molecule has 0 bridgehead atoms. The number of piperidine rings is 1. The summed E-state index contributed by atoms with van der Waals surface area (Å²) in [4.78, 5) is 11.3. The van der Waals surface area contributed by atoms with Crippen LogP contribution in [0.5, 0.6) is 0 Å². The van der Waals surface area contributed by atoms with Crippen molar-refractivity contribution in [2.24, 2.45) is 11.8 Å². The van der Waals surface area contributed by atoms with Crippen molar-refractivity contribution in [2.75, 3.05) is 18.0 Å². The molecule has 0 radical (unpaired) electrons. The highest BCUT2D eigenvalue weighted by Gasteiger charge is 2.41. The molecule has 1 saturated carbocycles. The fourth-order valence-electron chi connectivity index (χ4n) is 4.98. The molecule has 3 aromatic rings.